The lowest BCUT2D eigenvalue weighted by Gasteiger charge is -2.18. The zero-order valence-electron chi connectivity index (χ0n) is 13.1. The monoisotopic (exact) mass is 333 g/mol. The quantitative estimate of drug-likeness (QED) is 0.811. The molecule has 0 unspecified atom stereocenters. The lowest BCUT2D eigenvalue weighted by molar-refractivity contribution is 0.0528. The fraction of sp³-hybridized carbons (Fsp3) is 0.643. The Kier molecular flexibility index (Phi) is 5.81. The van der Waals surface area contributed by atoms with Gasteiger partial charge in [0.2, 0.25) is 10.0 Å². The summed E-state index contributed by atoms with van der Waals surface area (Å²) in [5.74, 6) is -0.511. The number of ether oxygens (including phenoxy) is 1. The molecule has 0 amide bonds. The van der Waals surface area contributed by atoms with Gasteiger partial charge >= 0.3 is 5.97 Å². The van der Waals surface area contributed by atoms with Gasteiger partial charge < -0.3 is 4.74 Å². The maximum absolute atomic E-state index is 12.2. The standard InChI is InChI=1S/C14H23NO4S2/c1-6-10-8-11(13(16)19-7-2)12(20-10)15-21(17,18)9-14(3,4)5/h8,15H,6-7,9H2,1-5H3. The molecule has 7 heteroatoms. The first-order valence-electron chi connectivity index (χ1n) is 6.88. The first kappa shape index (κ1) is 18.0. The second kappa shape index (κ2) is 6.79. The molecular weight excluding hydrogens is 310 g/mol. The third-order valence-electron chi connectivity index (χ3n) is 2.50. The van der Waals surface area contributed by atoms with E-state index in [-0.39, 0.29) is 23.3 Å². The average Bonchev–Trinajstić information content (AvgIpc) is 2.68. The minimum atomic E-state index is -3.51. The van der Waals surface area contributed by atoms with Crippen LogP contribution < -0.4 is 4.72 Å². The van der Waals surface area contributed by atoms with E-state index in [0.717, 1.165) is 11.3 Å². The molecule has 1 N–H and O–H groups in total. The first-order chi connectivity index (χ1) is 9.58. The summed E-state index contributed by atoms with van der Waals surface area (Å²) in [6, 6.07) is 1.69. The van der Waals surface area contributed by atoms with Crippen LogP contribution in [0.5, 0.6) is 0 Å². The highest BCUT2D eigenvalue weighted by Crippen LogP contribution is 2.31. The Hall–Kier alpha value is -1.08. The van der Waals surface area contributed by atoms with E-state index in [2.05, 4.69) is 4.72 Å². The molecule has 0 spiro atoms. The predicted octanol–water partition coefficient (Wildman–Crippen LogP) is 3.28. The molecule has 0 aliphatic carbocycles. The molecule has 0 aromatic carbocycles. The summed E-state index contributed by atoms with van der Waals surface area (Å²) in [5, 5.41) is 0.342. The van der Waals surface area contributed by atoms with Crippen LogP contribution in [0.1, 0.15) is 49.9 Å². The molecule has 21 heavy (non-hydrogen) atoms. The molecule has 0 aliphatic rings. The van der Waals surface area contributed by atoms with Gasteiger partial charge in [0, 0.05) is 4.88 Å². The van der Waals surface area contributed by atoms with Crippen molar-refractivity contribution in [1.29, 1.82) is 0 Å². The van der Waals surface area contributed by atoms with Crippen molar-refractivity contribution in [2.75, 3.05) is 17.1 Å². The molecule has 1 aromatic rings. The smallest absolute Gasteiger partial charge is 0.341 e. The van der Waals surface area contributed by atoms with Gasteiger partial charge in [0.15, 0.2) is 0 Å². The van der Waals surface area contributed by atoms with Crippen LogP contribution in [0.25, 0.3) is 0 Å². The van der Waals surface area contributed by atoms with E-state index in [4.69, 9.17) is 4.74 Å². The van der Waals surface area contributed by atoms with Gasteiger partial charge in [-0.15, -0.1) is 11.3 Å². The van der Waals surface area contributed by atoms with Crippen molar-refractivity contribution in [3.8, 4) is 0 Å². The third-order valence-corrected chi connectivity index (χ3v) is 5.58. The maximum Gasteiger partial charge on any atom is 0.341 e. The summed E-state index contributed by atoms with van der Waals surface area (Å²) >= 11 is 1.28. The summed E-state index contributed by atoms with van der Waals surface area (Å²) in [6.45, 7) is 9.48. The zero-order valence-corrected chi connectivity index (χ0v) is 14.8. The molecule has 1 rings (SSSR count). The molecule has 0 saturated heterocycles. The van der Waals surface area contributed by atoms with E-state index < -0.39 is 16.0 Å². The summed E-state index contributed by atoms with van der Waals surface area (Å²) in [6.07, 6.45) is 0.734. The Morgan fingerprint density at radius 1 is 1.33 bits per heavy atom. The molecule has 0 bridgehead atoms. The molecule has 5 nitrogen and oxygen atoms in total. The Labute approximate surface area is 130 Å². The van der Waals surface area contributed by atoms with Crippen LogP contribution in [0, 0.1) is 5.41 Å². The van der Waals surface area contributed by atoms with Crippen LogP contribution in [-0.4, -0.2) is 26.7 Å². The molecular formula is C14H23NO4S2. The van der Waals surface area contributed by atoms with Gasteiger partial charge in [-0.05, 0) is 24.8 Å². The fourth-order valence-electron chi connectivity index (χ4n) is 1.80. The van der Waals surface area contributed by atoms with Crippen molar-refractivity contribution in [1.82, 2.24) is 0 Å². The number of carbonyl (C=O) groups excluding carboxylic acids is 1. The first-order valence-corrected chi connectivity index (χ1v) is 9.35. The van der Waals surface area contributed by atoms with E-state index >= 15 is 0 Å². The number of hydrogen-bond acceptors (Lipinski definition) is 5. The number of nitrogens with one attached hydrogen (secondary N) is 1. The lowest BCUT2D eigenvalue weighted by atomic mass is 10.0. The van der Waals surface area contributed by atoms with Crippen LogP contribution in [-0.2, 0) is 21.2 Å². The highest BCUT2D eigenvalue weighted by Gasteiger charge is 2.25. The van der Waals surface area contributed by atoms with Crippen molar-refractivity contribution in [3.63, 3.8) is 0 Å². The van der Waals surface area contributed by atoms with Crippen molar-refractivity contribution in [2.24, 2.45) is 5.41 Å². The number of thiophene rings is 1. The lowest BCUT2D eigenvalue weighted by Crippen LogP contribution is -2.26. The number of sulfonamides is 1. The van der Waals surface area contributed by atoms with Crippen LogP contribution in [0.3, 0.4) is 0 Å². The highest BCUT2D eigenvalue weighted by atomic mass is 32.2. The SMILES string of the molecule is CCOC(=O)c1cc(CC)sc1NS(=O)(=O)CC(C)(C)C. The Balaban J connectivity index is 3.07. The number of aryl methyl sites for hydroxylation is 1. The van der Waals surface area contributed by atoms with Crippen molar-refractivity contribution >= 4 is 32.3 Å². The van der Waals surface area contributed by atoms with Gasteiger partial charge in [0.05, 0.1) is 17.9 Å². The summed E-state index contributed by atoms with van der Waals surface area (Å²) in [4.78, 5) is 12.9. The van der Waals surface area contributed by atoms with Gasteiger partial charge in [-0.1, -0.05) is 27.7 Å². The van der Waals surface area contributed by atoms with E-state index in [0.29, 0.717) is 5.00 Å². The Morgan fingerprint density at radius 2 is 1.95 bits per heavy atom. The fourth-order valence-corrected chi connectivity index (χ4v) is 4.79. The number of esters is 1. The van der Waals surface area contributed by atoms with Crippen LogP contribution in [0.4, 0.5) is 5.00 Å². The minimum Gasteiger partial charge on any atom is -0.462 e. The molecule has 0 saturated carbocycles. The van der Waals surface area contributed by atoms with Crippen LogP contribution in [0.15, 0.2) is 6.07 Å². The van der Waals surface area contributed by atoms with E-state index in [1.807, 2.05) is 27.7 Å². The Morgan fingerprint density at radius 3 is 2.43 bits per heavy atom. The number of anilines is 1. The number of hydrogen-bond donors (Lipinski definition) is 1. The van der Waals surface area contributed by atoms with E-state index in [1.54, 1.807) is 13.0 Å². The highest BCUT2D eigenvalue weighted by molar-refractivity contribution is 7.92. The molecule has 0 radical (unpaired) electrons. The number of carbonyl (C=O) groups is 1. The van der Waals surface area contributed by atoms with Crippen LogP contribution in [0.2, 0.25) is 0 Å². The van der Waals surface area contributed by atoms with Gasteiger partial charge in [-0.2, -0.15) is 0 Å². The summed E-state index contributed by atoms with van der Waals surface area (Å²) in [5.41, 5.74) is -0.0722. The van der Waals surface area contributed by atoms with Crippen LogP contribution >= 0.6 is 11.3 Å². The minimum absolute atomic E-state index is 0.0123. The van der Waals surface area contributed by atoms with E-state index in [1.165, 1.54) is 11.3 Å². The number of rotatable bonds is 6. The average molecular weight is 333 g/mol. The summed E-state index contributed by atoms with van der Waals surface area (Å²) in [7, 11) is -3.51. The van der Waals surface area contributed by atoms with Gasteiger partial charge in [-0.3, -0.25) is 4.72 Å². The molecule has 1 heterocycles. The zero-order chi connectivity index (χ0) is 16.3. The van der Waals surface area contributed by atoms with Crippen molar-refractivity contribution in [3.05, 3.63) is 16.5 Å². The van der Waals surface area contributed by atoms with Gasteiger partial charge in [0.1, 0.15) is 5.00 Å². The predicted molar refractivity (Wildman–Crippen MR) is 86.5 cm³/mol. The van der Waals surface area contributed by atoms with Gasteiger partial charge in [-0.25, -0.2) is 13.2 Å². The van der Waals surface area contributed by atoms with Crippen molar-refractivity contribution in [2.45, 2.75) is 41.0 Å². The molecule has 0 aliphatic heterocycles. The third kappa shape index (κ3) is 5.67. The normalized spacial score (nSPS) is 12.2. The van der Waals surface area contributed by atoms with Gasteiger partial charge in [0.25, 0.3) is 0 Å². The largest absolute Gasteiger partial charge is 0.462 e. The van der Waals surface area contributed by atoms with E-state index in [9.17, 15) is 13.2 Å². The maximum atomic E-state index is 12.2. The summed E-state index contributed by atoms with van der Waals surface area (Å²) < 4.78 is 31.9. The van der Waals surface area contributed by atoms with Crippen molar-refractivity contribution < 1.29 is 17.9 Å². The second-order valence-electron chi connectivity index (χ2n) is 5.95. The topological polar surface area (TPSA) is 72.5 Å². The molecule has 120 valence electrons. The molecule has 0 fully saturated rings. The molecule has 1 aromatic heterocycles. The Bertz CT molecular complexity index is 597. The molecule has 0 atom stereocenters. The second-order valence-corrected chi connectivity index (χ2v) is 8.81.